The molecule has 0 aromatic heterocycles. The number of alkyl halides is 3. The standard InChI is InChI=1S/C25H22F3N3O4/c1-3-16(13-29)11-10-15(2)23-22-19(8-5-9-20(22)32)31(24(35)30(23)14-21(33)34)18-7-4-6-17(12-18)25(26,27)28/h3-4,6-7,10-12,23H,2,5,8-9,14H2,1H3,(H,33,34)/b11-10-,16-3+/t23-/m1/s1. The first-order valence-electron chi connectivity index (χ1n) is 10.7. The SMILES string of the molecule is C=C(/C=C\C(C#N)=C/C)[C@@H]1C2=C(CCCC2=O)N(c2cccc(C(F)(F)F)c2)C(=O)N1CC(=O)O. The molecule has 182 valence electrons. The number of benzene rings is 1. The zero-order chi connectivity index (χ0) is 25.9. The van der Waals surface area contributed by atoms with Crippen LogP contribution < -0.4 is 4.90 Å². The minimum Gasteiger partial charge on any atom is -0.480 e. The molecule has 0 saturated heterocycles. The van der Waals surface area contributed by atoms with Gasteiger partial charge in [0.15, 0.2) is 5.78 Å². The Balaban J connectivity index is 2.22. The Morgan fingerprint density at radius 1 is 1.29 bits per heavy atom. The van der Waals surface area contributed by atoms with Crippen LogP contribution in [0.15, 0.2) is 71.5 Å². The first-order chi connectivity index (χ1) is 16.5. The Morgan fingerprint density at radius 3 is 2.60 bits per heavy atom. The lowest BCUT2D eigenvalue weighted by Gasteiger charge is -2.45. The predicted molar refractivity (Wildman–Crippen MR) is 121 cm³/mol. The number of aliphatic carboxylic acids is 1. The van der Waals surface area contributed by atoms with E-state index in [1.54, 1.807) is 6.92 Å². The zero-order valence-corrected chi connectivity index (χ0v) is 18.8. The molecule has 1 aliphatic carbocycles. The van der Waals surface area contributed by atoms with E-state index in [1.807, 2.05) is 6.07 Å². The van der Waals surface area contributed by atoms with Gasteiger partial charge in [-0.1, -0.05) is 24.8 Å². The van der Waals surface area contributed by atoms with Crippen molar-refractivity contribution >= 4 is 23.5 Å². The molecule has 2 aliphatic rings. The van der Waals surface area contributed by atoms with Gasteiger partial charge in [0.2, 0.25) is 0 Å². The van der Waals surface area contributed by atoms with E-state index in [0.717, 1.165) is 28.0 Å². The molecule has 0 spiro atoms. The lowest BCUT2D eigenvalue weighted by atomic mass is 9.83. The maximum absolute atomic E-state index is 13.6. The van der Waals surface area contributed by atoms with Crippen molar-refractivity contribution in [3.05, 3.63) is 77.1 Å². The smallest absolute Gasteiger partial charge is 0.416 e. The fourth-order valence-electron chi connectivity index (χ4n) is 4.16. The summed E-state index contributed by atoms with van der Waals surface area (Å²) in [5.41, 5.74) is -0.292. The summed E-state index contributed by atoms with van der Waals surface area (Å²) in [5.74, 6) is -1.72. The van der Waals surface area contributed by atoms with Crippen molar-refractivity contribution < 1.29 is 32.7 Å². The number of amides is 2. The third kappa shape index (κ3) is 5.19. The molecule has 0 unspecified atom stereocenters. The highest BCUT2D eigenvalue weighted by Crippen LogP contribution is 2.41. The summed E-state index contributed by atoms with van der Waals surface area (Å²) in [6.07, 6.45) is 0.479. The van der Waals surface area contributed by atoms with Crippen LogP contribution in [0.5, 0.6) is 0 Å². The lowest BCUT2D eigenvalue weighted by Crippen LogP contribution is -2.57. The number of Topliss-reactive ketones (excluding diaryl/α,β-unsaturated/α-hetero) is 1. The summed E-state index contributed by atoms with van der Waals surface area (Å²) in [6, 6.07) is 4.03. The number of rotatable bonds is 6. The van der Waals surface area contributed by atoms with E-state index in [9.17, 15) is 32.7 Å². The maximum Gasteiger partial charge on any atom is 0.416 e. The van der Waals surface area contributed by atoms with Crippen molar-refractivity contribution in [3.63, 3.8) is 0 Å². The first kappa shape index (κ1) is 25.5. The van der Waals surface area contributed by atoms with Crippen molar-refractivity contribution in [3.8, 4) is 6.07 Å². The average Bonchev–Trinajstić information content (AvgIpc) is 2.80. The number of halogens is 3. The first-order valence-corrected chi connectivity index (χ1v) is 10.7. The molecule has 1 aromatic carbocycles. The third-order valence-corrected chi connectivity index (χ3v) is 5.73. The molecule has 3 rings (SSSR count). The summed E-state index contributed by atoms with van der Waals surface area (Å²) in [7, 11) is 0. The van der Waals surface area contributed by atoms with Crippen LogP contribution >= 0.6 is 0 Å². The fraction of sp³-hybridized carbons (Fsp3) is 0.280. The van der Waals surface area contributed by atoms with Crippen LogP contribution in [0.2, 0.25) is 0 Å². The van der Waals surface area contributed by atoms with E-state index < -0.39 is 36.3 Å². The van der Waals surface area contributed by atoms with Crippen LogP contribution in [0.4, 0.5) is 23.7 Å². The monoisotopic (exact) mass is 485 g/mol. The van der Waals surface area contributed by atoms with Gasteiger partial charge in [-0.25, -0.2) is 4.79 Å². The second kappa shape index (κ2) is 10.0. The summed E-state index contributed by atoms with van der Waals surface area (Å²) >= 11 is 0. The van der Waals surface area contributed by atoms with E-state index >= 15 is 0 Å². The summed E-state index contributed by atoms with van der Waals surface area (Å²) in [4.78, 5) is 40.2. The Labute approximate surface area is 199 Å². The predicted octanol–water partition coefficient (Wildman–Crippen LogP) is 4.99. The minimum absolute atomic E-state index is 0.114. The Bertz CT molecular complexity index is 1220. The molecule has 35 heavy (non-hydrogen) atoms. The van der Waals surface area contributed by atoms with Crippen molar-refractivity contribution in [2.24, 2.45) is 0 Å². The van der Waals surface area contributed by atoms with Crippen molar-refractivity contribution in [2.45, 2.75) is 38.4 Å². The van der Waals surface area contributed by atoms with E-state index in [0.29, 0.717) is 6.42 Å². The van der Waals surface area contributed by atoms with Gasteiger partial charge in [-0.15, -0.1) is 0 Å². The van der Waals surface area contributed by atoms with Crippen LogP contribution in [0, 0.1) is 11.3 Å². The molecule has 0 radical (unpaired) electrons. The van der Waals surface area contributed by atoms with Gasteiger partial charge in [0.05, 0.1) is 23.4 Å². The highest BCUT2D eigenvalue weighted by molar-refractivity contribution is 6.07. The topological polar surface area (TPSA) is 102 Å². The molecular formula is C25H22F3N3O4. The van der Waals surface area contributed by atoms with E-state index in [4.69, 9.17) is 5.26 Å². The van der Waals surface area contributed by atoms with E-state index in [-0.39, 0.29) is 46.7 Å². The number of carbonyl (C=O) groups is 3. The number of carboxylic acids is 1. The van der Waals surface area contributed by atoms with Crippen molar-refractivity contribution in [2.75, 3.05) is 11.4 Å². The Kier molecular flexibility index (Phi) is 7.29. The van der Waals surface area contributed by atoms with Crippen molar-refractivity contribution in [1.29, 1.82) is 5.26 Å². The number of nitriles is 1. The number of hydrogen-bond donors (Lipinski definition) is 1. The number of nitrogens with zero attached hydrogens (tertiary/aromatic N) is 3. The third-order valence-electron chi connectivity index (χ3n) is 5.73. The quantitative estimate of drug-likeness (QED) is 0.452. The van der Waals surface area contributed by atoms with Gasteiger partial charge in [0.25, 0.3) is 0 Å². The molecule has 1 atom stereocenters. The largest absolute Gasteiger partial charge is 0.480 e. The van der Waals surface area contributed by atoms with Gasteiger partial charge in [-0.2, -0.15) is 18.4 Å². The second-order valence-corrected chi connectivity index (χ2v) is 7.99. The average molecular weight is 485 g/mol. The van der Waals surface area contributed by atoms with Crippen LogP contribution in [-0.4, -0.2) is 40.4 Å². The lowest BCUT2D eigenvalue weighted by molar-refractivity contribution is -0.138. The summed E-state index contributed by atoms with van der Waals surface area (Å²) in [5, 5.41) is 18.6. The van der Waals surface area contributed by atoms with Crippen molar-refractivity contribution in [1.82, 2.24) is 4.90 Å². The summed E-state index contributed by atoms with van der Waals surface area (Å²) in [6.45, 7) is 4.75. The van der Waals surface area contributed by atoms with E-state index in [1.165, 1.54) is 24.3 Å². The van der Waals surface area contributed by atoms with Gasteiger partial charge in [-0.3, -0.25) is 14.5 Å². The maximum atomic E-state index is 13.6. The molecule has 1 heterocycles. The van der Waals surface area contributed by atoms with Crippen LogP contribution in [0.3, 0.4) is 0 Å². The number of carboxylic acid groups (broad SMARTS) is 1. The van der Waals surface area contributed by atoms with Gasteiger partial charge in [-0.05, 0) is 49.6 Å². The molecule has 2 amide bonds. The molecule has 7 nitrogen and oxygen atoms in total. The van der Waals surface area contributed by atoms with Crippen LogP contribution in [0.25, 0.3) is 0 Å². The molecule has 1 N–H and O–H groups in total. The Morgan fingerprint density at radius 2 is 2.00 bits per heavy atom. The molecule has 0 bridgehead atoms. The van der Waals surface area contributed by atoms with Gasteiger partial charge in [0.1, 0.15) is 6.54 Å². The second-order valence-electron chi connectivity index (χ2n) is 7.99. The number of urea groups is 1. The number of hydrogen-bond acceptors (Lipinski definition) is 4. The molecule has 1 aliphatic heterocycles. The number of anilines is 1. The fourth-order valence-corrected chi connectivity index (χ4v) is 4.16. The van der Waals surface area contributed by atoms with Gasteiger partial charge < -0.3 is 10.0 Å². The van der Waals surface area contributed by atoms with Gasteiger partial charge >= 0.3 is 18.2 Å². The molecule has 0 fully saturated rings. The highest BCUT2D eigenvalue weighted by Gasteiger charge is 2.45. The van der Waals surface area contributed by atoms with E-state index in [2.05, 4.69) is 6.58 Å². The molecule has 0 saturated carbocycles. The van der Waals surface area contributed by atoms with Crippen LogP contribution in [0.1, 0.15) is 31.7 Å². The summed E-state index contributed by atoms with van der Waals surface area (Å²) < 4.78 is 40.0. The normalized spacial score (nSPS) is 19.2. The number of carbonyl (C=O) groups excluding carboxylic acids is 2. The van der Waals surface area contributed by atoms with Crippen LogP contribution in [-0.2, 0) is 15.8 Å². The number of allylic oxidation sites excluding steroid dienone is 4. The number of ketones is 1. The minimum atomic E-state index is -4.66. The molecule has 10 heteroatoms. The molecule has 1 aromatic rings. The zero-order valence-electron chi connectivity index (χ0n) is 18.8. The highest BCUT2D eigenvalue weighted by atomic mass is 19.4. The molecular weight excluding hydrogens is 463 g/mol. The Hall–Kier alpha value is -4.13. The van der Waals surface area contributed by atoms with Gasteiger partial charge in [0, 0.05) is 23.3 Å².